The maximum atomic E-state index is 11.9. The van der Waals surface area contributed by atoms with E-state index in [1.807, 2.05) is 0 Å². The number of aliphatic carboxylic acids is 1. The Morgan fingerprint density at radius 2 is 2.22 bits per heavy atom. The Hall–Kier alpha value is -1.56. The number of carbonyl (C=O) groups is 2. The minimum absolute atomic E-state index is 0.0709. The summed E-state index contributed by atoms with van der Waals surface area (Å²) in [5.74, 6) is -0.752. The van der Waals surface area contributed by atoms with Gasteiger partial charge in [-0.05, 0) is 47.0 Å². The topological polar surface area (TPSA) is 70.8 Å². The van der Waals surface area contributed by atoms with Crippen molar-refractivity contribution >= 4 is 33.9 Å². The molecule has 6 heteroatoms. The third kappa shape index (κ3) is 3.46. The first kappa shape index (κ1) is 12.9. The van der Waals surface area contributed by atoms with E-state index in [2.05, 4.69) is 15.9 Å². The van der Waals surface area contributed by atoms with Gasteiger partial charge in [0, 0.05) is 12.1 Å². The van der Waals surface area contributed by atoms with Gasteiger partial charge in [-0.3, -0.25) is 9.59 Å². The Labute approximate surface area is 112 Å². The largest absolute Gasteiger partial charge is 0.480 e. The van der Waals surface area contributed by atoms with Crippen LogP contribution in [0.2, 0.25) is 0 Å². The van der Waals surface area contributed by atoms with Crippen LogP contribution in [0.15, 0.2) is 27.3 Å². The van der Waals surface area contributed by atoms with Crippen LogP contribution in [0, 0.1) is 0 Å². The van der Waals surface area contributed by atoms with Crippen molar-refractivity contribution in [3.63, 3.8) is 0 Å². The van der Waals surface area contributed by atoms with Crippen LogP contribution in [0.5, 0.6) is 0 Å². The van der Waals surface area contributed by atoms with Gasteiger partial charge in [0.15, 0.2) is 4.67 Å². The lowest BCUT2D eigenvalue weighted by molar-refractivity contribution is -0.143. The van der Waals surface area contributed by atoms with Gasteiger partial charge in [0.25, 0.3) is 0 Å². The van der Waals surface area contributed by atoms with Gasteiger partial charge >= 0.3 is 5.97 Å². The maximum Gasteiger partial charge on any atom is 0.323 e. The number of carbonyl (C=O) groups excluding carboxylic acids is 1. The van der Waals surface area contributed by atoms with Crippen LogP contribution in [0.1, 0.15) is 18.6 Å². The van der Waals surface area contributed by atoms with Crippen molar-refractivity contribution in [2.45, 2.75) is 18.9 Å². The van der Waals surface area contributed by atoms with E-state index in [1.54, 1.807) is 12.1 Å². The quantitative estimate of drug-likeness (QED) is 0.845. The Kier molecular flexibility index (Phi) is 3.86. The van der Waals surface area contributed by atoms with Crippen molar-refractivity contribution < 1.29 is 19.1 Å². The molecule has 2 rings (SSSR count). The second kappa shape index (κ2) is 5.39. The fraction of sp³-hybridized carbons (Fsp3) is 0.333. The first-order valence-electron chi connectivity index (χ1n) is 5.52. The van der Waals surface area contributed by atoms with E-state index >= 15 is 0 Å². The summed E-state index contributed by atoms with van der Waals surface area (Å²) in [4.78, 5) is 23.9. The highest BCUT2D eigenvalue weighted by atomic mass is 79.9. The number of hydrogen-bond donors (Lipinski definition) is 1. The second-order valence-corrected chi connectivity index (χ2v) is 4.85. The molecular weight excluding hydrogens is 302 g/mol. The van der Waals surface area contributed by atoms with Crippen molar-refractivity contribution in [2.24, 2.45) is 0 Å². The van der Waals surface area contributed by atoms with Crippen LogP contribution in [0.4, 0.5) is 0 Å². The zero-order valence-electron chi connectivity index (χ0n) is 9.51. The third-order valence-corrected chi connectivity index (χ3v) is 2.99. The Bertz CT molecular complexity index is 490. The average molecular weight is 314 g/mol. The lowest BCUT2D eigenvalue weighted by atomic mass is 10.3. The summed E-state index contributed by atoms with van der Waals surface area (Å²) in [7, 11) is 0. The van der Waals surface area contributed by atoms with Crippen LogP contribution >= 0.6 is 15.9 Å². The summed E-state index contributed by atoms with van der Waals surface area (Å²) in [6.45, 7) is -0.254. The van der Waals surface area contributed by atoms with Gasteiger partial charge in [0.1, 0.15) is 12.3 Å². The molecule has 5 nitrogen and oxygen atoms in total. The molecule has 1 aliphatic rings. The summed E-state index contributed by atoms with van der Waals surface area (Å²) in [6, 6.07) is 3.51. The summed E-state index contributed by atoms with van der Waals surface area (Å²) in [6.07, 6.45) is 4.62. The van der Waals surface area contributed by atoms with E-state index in [1.165, 1.54) is 17.1 Å². The number of halogens is 1. The maximum absolute atomic E-state index is 11.9. The van der Waals surface area contributed by atoms with Crippen LogP contribution in [0.3, 0.4) is 0 Å². The van der Waals surface area contributed by atoms with E-state index < -0.39 is 5.97 Å². The number of furan rings is 1. The van der Waals surface area contributed by atoms with Crippen LogP contribution in [0.25, 0.3) is 6.08 Å². The number of rotatable bonds is 5. The molecule has 0 bridgehead atoms. The van der Waals surface area contributed by atoms with Crippen LogP contribution in [-0.2, 0) is 9.59 Å². The minimum atomic E-state index is -0.996. The summed E-state index contributed by atoms with van der Waals surface area (Å²) < 4.78 is 5.80. The van der Waals surface area contributed by atoms with Crippen molar-refractivity contribution in [1.29, 1.82) is 0 Å². The molecule has 0 atom stereocenters. The number of nitrogens with zero attached hydrogens (tertiary/aromatic N) is 1. The van der Waals surface area contributed by atoms with Gasteiger partial charge in [0.2, 0.25) is 5.91 Å². The van der Waals surface area contributed by atoms with E-state index in [-0.39, 0.29) is 18.5 Å². The molecule has 1 aromatic heterocycles. The van der Waals surface area contributed by atoms with E-state index in [9.17, 15) is 9.59 Å². The predicted octanol–water partition coefficient (Wildman–Crippen LogP) is 2.13. The van der Waals surface area contributed by atoms with Gasteiger partial charge < -0.3 is 14.4 Å². The molecule has 1 amide bonds. The highest BCUT2D eigenvalue weighted by molar-refractivity contribution is 9.10. The second-order valence-electron chi connectivity index (χ2n) is 4.07. The molecule has 1 heterocycles. The zero-order valence-corrected chi connectivity index (χ0v) is 11.1. The number of amides is 1. The van der Waals surface area contributed by atoms with Gasteiger partial charge in [-0.1, -0.05) is 0 Å². The molecule has 96 valence electrons. The fourth-order valence-electron chi connectivity index (χ4n) is 1.59. The van der Waals surface area contributed by atoms with Gasteiger partial charge in [-0.15, -0.1) is 0 Å². The van der Waals surface area contributed by atoms with Crippen molar-refractivity contribution in [3.05, 3.63) is 28.6 Å². The van der Waals surface area contributed by atoms with E-state index in [0.29, 0.717) is 10.4 Å². The van der Waals surface area contributed by atoms with E-state index in [4.69, 9.17) is 9.52 Å². The van der Waals surface area contributed by atoms with Crippen molar-refractivity contribution in [2.75, 3.05) is 6.54 Å². The van der Waals surface area contributed by atoms with Crippen LogP contribution in [-0.4, -0.2) is 34.5 Å². The lowest BCUT2D eigenvalue weighted by Gasteiger charge is -2.17. The third-order valence-electron chi connectivity index (χ3n) is 2.56. The molecular formula is C12H12BrNO4. The summed E-state index contributed by atoms with van der Waals surface area (Å²) in [5, 5.41) is 8.76. The van der Waals surface area contributed by atoms with Gasteiger partial charge in [-0.25, -0.2) is 0 Å². The van der Waals surface area contributed by atoms with Gasteiger partial charge in [0.05, 0.1) is 0 Å². The monoisotopic (exact) mass is 313 g/mol. The fourth-order valence-corrected chi connectivity index (χ4v) is 1.90. The first-order valence-corrected chi connectivity index (χ1v) is 6.31. The lowest BCUT2D eigenvalue weighted by Crippen LogP contribution is -2.36. The molecule has 1 aliphatic carbocycles. The highest BCUT2D eigenvalue weighted by Crippen LogP contribution is 2.27. The Balaban J connectivity index is 2.00. The molecule has 1 fully saturated rings. The minimum Gasteiger partial charge on any atom is -0.480 e. The van der Waals surface area contributed by atoms with Gasteiger partial charge in [-0.2, -0.15) is 0 Å². The molecule has 0 aromatic carbocycles. The SMILES string of the molecule is O=C(O)CN(C(=O)C=Cc1ccc(Br)o1)C1CC1. The van der Waals surface area contributed by atoms with Crippen molar-refractivity contribution in [1.82, 2.24) is 4.90 Å². The molecule has 0 aliphatic heterocycles. The molecule has 18 heavy (non-hydrogen) atoms. The Morgan fingerprint density at radius 1 is 1.50 bits per heavy atom. The molecule has 0 unspecified atom stereocenters. The Morgan fingerprint density at radius 3 is 2.72 bits per heavy atom. The normalized spacial score (nSPS) is 14.9. The summed E-state index contributed by atoms with van der Waals surface area (Å²) >= 11 is 3.16. The average Bonchev–Trinajstić information content (AvgIpc) is 3.06. The van der Waals surface area contributed by atoms with Crippen LogP contribution < -0.4 is 0 Å². The number of carboxylic acids is 1. The molecule has 0 saturated heterocycles. The molecule has 0 radical (unpaired) electrons. The van der Waals surface area contributed by atoms with Crippen molar-refractivity contribution in [3.8, 4) is 0 Å². The molecule has 1 aromatic rings. The molecule has 1 N–H and O–H groups in total. The molecule has 1 saturated carbocycles. The number of carboxylic acid groups (broad SMARTS) is 1. The van der Waals surface area contributed by atoms with E-state index in [0.717, 1.165) is 12.8 Å². The summed E-state index contributed by atoms with van der Waals surface area (Å²) in [5.41, 5.74) is 0. The standard InChI is InChI=1S/C12H12BrNO4/c13-10-5-3-9(18-10)4-6-11(15)14(7-12(16)17)8-1-2-8/h3-6,8H,1-2,7H2,(H,16,17). The first-order chi connectivity index (χ1) is 8.56. The number of hydrogen-bond acceptors (Lipinski definition) is 3. The highest BCUT2D eigenvalue weighted by Gasteiger charge is 2.32. The molecule has 0 spiro atoms. The zero-order chi connectivity index (χ0) is 13.1. The smallest absolute Gasteiger partial charge is 0.323 e. The predicted molar refractivity (Wildman–Crippen MR) is 67.8 cm³/mol.